The van der Waals surface area contributed by atoms with E-state index in [-0.39, 0.29) is 6.42 Å². The average Bonchev–Trinajstić information content (AvgIpc) is 2.54. The van der Waals surface area contributed by atoms with Gasteiger partial charge in [0.15, 0.2) is 6.23 Å². The molecule has 2 rings (SSSR count). The third kappa shape index (κ3) is 4.99. The summed E-state index contributed by atoms with van der Waals surface area (Å²) >= 11 is 0. The number of rotatable bonds is 6. The molecule has 0 aliphatic heterocycles. The molecule has 0 saturated carbocycles. The molecule has 1 amide bonds. The molecule has 0 aliphatic rings. The van der Waals surface area contributed by atoms with Crippen molar-refractivity contribution in [2.45, 2.75) is 18.8 Å². The summed E-state index contributed by atoms with van der Waals surface area (Å²) in [6, 6.07) is 10.8. The Kier molecular flexibility index (Phi) is 6.07. The zero-order valence-electron chi connectivity index (χ0n) is 12.7. The highest BCUT2D eigenvalue weighted by Gasteiger charge is 2.37. The number of alkyl halides is 3. The van der Waals surface area contributed by atoms with Crippen LogP contribution in [0.3, 0.4) is 0 Å². The van der Waals surface area contributed by atoms with Crippen LogP contribution in [0, 0.1) is 5.82 Å². The van der Waals surface area contributed by atoms with Gasteiger partial charge in [-0.25, -0.2) is 4.39 Å². The standard InChI is InChI=1S/C16H14F4N2O3/c17-12-8-4-7-11(16(18,19)20)14(12)15(23)22-13(24-25-21)9-10-5-2-1-3-6-10/h1-8,13H,9,21H2,(H,22,23)/t13-/m0/s1. The second-order valence-electron chi connectivity index (χ2n) is 5.00. The fourth-order valence-corrected chi connectivity index (χ4v) is 2.21. The van der Waals surface area contributed by atoms with E-state index in [4.69, 9.17) is 5.90 Å². The highest BCUT2D eigenvalue weighted by molar-refractivity contribution is 5.96. The van der Waals surface area contributed by atoms with Crippen molar-refractivity contribution in [2.75, 3.05) is 0 Å². The first-order chi connectivity index (χ1) is 11.8. The van der Waals surface area contributed by atoms with E-state index in [9.17, 15) is 22.4 Å². The molecule has 5 nitrogen and oxygen atoms in total. The minimum atomic E-state index is -4.89. The minimum absolute atomic E-state index is 0.0413. The number of halogens is 4. The van der Waals surface area contributed by atoms with Crippen LogP contribution in [0.15, 0.2) is 48.5 Å². The van der Waals surface area contributed by atoms with Crippen molar-refractivity contribution in [3.8, 4) is 0 Å². The number of hydrogen-bond acceptors (Lipinski definition) is 4. The van der Waals surface area contributed by atoms with Crippen molar-refractivity contribution >= 4 is 5.91 Å². The molecule has 3 N–H and O–H groups in total. The van der Waals surface area contributed by atoms with Gasteiger partial charge >= 0.3 is 6.18 Å². The van der Waals surface area contributed by atoms with Crippen molar-refractivity contribution in [3.63, 3.8) is 0 Å². The van der Waals surface area contributed by atoms with Crippen LogP contribution in [0.1, 0.15) is 21.5 Å². The van der Waals surface area contributed by atoms with Crippen molar-refractivity contribution in [1.82, 2.24) is 5.32 Å². The van der Waals surface area contributed by atoms with E-state index in [1.165, 1.54) is 0 Å². The molecule has 0 radical (unpaired) electrons. The molecule has 134 valence electrons. The van der Waals surface area contributed by atoms with Crippen LogP contribution in [0.25, 0.3) is 0 Å². The first-order valence-corrected chi connectivity index (χ1v) is 7.05. The largest absolute Gasteiger partial charge is 0.417 e. The third-order valence-corrected chi connectivity index (χ3v) is 3.27. The van der Waals surface area contributed by atoms with Crippen molar-refractivity contribution in [3.05, 3.63) is 71.0 Å². The van der Waals surface area contributed by atoms with Gasteiger partial charge in [0.05, 0.1) is 11.1 Å². The first kappa shape index (κ1) is 18.8. The molecule has 2 aromatic rings. The number of nitrogens with one attached hydrogen (secondary N) is 1. The summed E-state index contributed by atoms with van der Waals surface area (Å²) in [5.41, 5.74) is -1.83. The van der Waals surface area contributed by atoms with Gasteiger partial charge in [-0.15, -0.1) is 4.99 Å². The van der Waals surface area contributed by atoms with Gasteiger partial charge in [-0.3, -0.25) is 4.79 Å². The van der Waals surface area contributed by atoms with Crippen LogP contribution in [-0.2, 0) is 22.5 Å². The molecule has 0 spiro atoms. The lowest BCUT2D eigenvalue weighted by atomic mass is 10.1. The molecule has 0 fully saturated rings. The second kappa shape index (κ2) is 8.06. The highest BCUT2D eigenvalue weighted by Crippen LogP contribution is 2.33. The molecule has 0 aromatic heterocycles. The van der Waals surface area contributed by atoms with E-state index in [0.29, 0.717) is 11.6 Å². The second-order valence-corrected chi connectivity index (χ2v) is 5.00. The van der Waals surface area contributed by atoms with Gasteiger partial charge in [0.1, 0.15) is 5.82 Å². The van der Waals surface area contributed by atoms with Crippen LogP contribution in [0.4, 0.5) is 17.6 Å². The third-order valence-electron chi connectivity index (χ3n) is 3.27. The summed E-state index contributed by atoms with van der Waals surface area (Å²) in [7, 11) is 0. The topological polar surface area (TPSA) is 73.6 Å². The van der Waals surface area contributed by atoms with Crippen LogP contribution in [0.2, 0.25) is 0 Å². The number of amides is 1. The Hall–Kier alpha value is -2.49. The summed E-state index contributed by atoms with van der Waals surface area (Å²) in [6.45, 7) is 0. The average molecular weight is 358 g/mol. The molecule has 0 bridgehead atoms. The molecular weight excluding hydrogens is 344 g/mol. The molecule has 0 heterocycles. The SMILES string of the molecule is NOO[C@@H](Cc1ccccc1)NC(=O)c1c(F)cccc1C(F)(F)F. The number of hydrogen-bond donors (Lipinski definition) is 2. The Morgan fingerprint density at radius 3 is 2.40 bits per heavy atom. The number of nitrogens with two attached hydrogens (primary N) is 1. The first-order valence-electron chi connectivity index (χ1n) is 7.05. The normalized spacial score (nSPS) is 12.7. The van der Waals surface area contributed by atoms with Crippen LogP contribution >= 0.6 is 0 Å². The van der Waals surface area contributed by atoms with Gasteiger partial charge in [-0.1, -0.05) is 36.4 Å². The predicted octanol–water partition coefficient (Wildman–Crippen LogP) is 2.97. The Morgan fingerprint density at radius 2 is 1.80 bits per heavy atom. The van der Waals surface area contributed by atoms with Crippen LogP contribution in [-0.4, -0.2) is 12.1 Å². The van der Waals surface area contributed by atoms with Gasteiger partial charge in [0, 0.05) is 6.42 Å². The highest BCUT2D eigenvalue weighted by atomic mass is 19.4. The van der Waals surface area contributed by atoms with E-state index in [1.54, 1.807) is 30.3 Å². The maximum atomic E-state index is 13.8. The van der Waals surface area contributed by atoms with Crippen LogP contribution in [0.5, 0.6) is 0 Å². The Morgan fingerprint density at radius 1 is 1.12 bits per heavy atom. The number of carbonyl (C=O) groups excluding carboxylic acids is 1. The molecule has 1 atom stereocenters. The maximum Gasteiger partial charge on any atom is 0.417 e. The van der Waals surface area contributed by atoms with Gasteiger partial charge in [-0.2, -0.15) is 24.0 Å². The fourth-order valence-electron chi connectivity index (χ4n) is 2.21. The Labute approximate surface area is 140 Å². The predicted molar refractivity (Wildman–Crippen MR) is 79.2 cm³/mol. The van der Waals surface area contributed by atoms with E-state index in [0.717, 1.165) is 12.1 Å². The van der Waals surface area contributed by atoms with Gasteiger partial charge in [0.25, 0.3) is 5.91 Å². The quantitative estimate of drug-likeness (QED) is 0.360. The molecule has 25 heavy (non-hydrogen) atoms. The van der Waals surface area contributed by atoms with E-state index in [1.807, 2.05) is 0 Å². The minimum Gasteiger partial charge on any atom is -0.324 e. The van der Waals surface area contributed by atoms with Crippen molar-refractivity contribution in [2.24, 2.45) is 5.90 Å². The monoisotopic (exact) mass is 358 g/mol. The lowest BCUT2D eigenvalue weighted by Gasteiger charge is -2.19. The van der Waals surface area contributed by atoms with E-state index in [2.05, 4.69) is 15.2 Å². The summed E-state index contributed by atoms with van der Waals surface area (Å²) < 4.78 is 52.8. The lowest BCUT2D eigenvalue weighted by Crippen LogP contribution is -2.40. The molecule has 0 unspecified atom stereocenters. The molecule has 0 aliphatic carbocycles. The number of benzene rings is 2. The zero-order chi connectivity index (χ0) is 18.4. The van der Waals surface area contributed by atoms with Crippen molar-refractivity contribution < 1.29 is 32.2 Å². The summed E-state index contributed by atoms with van der Waals surface area (Å²) in [5, 5.41) is 2.13. The zero-order valence-corrected chi connectivity index (χ0v) is 12.7. The Bertz CT molecular complexity index is 723. The summed E-state index contributed by atoms with van der Waals surface area (Å²) in [4.78, 5) is 20.8. The van der Waals surface area contributed by atoms with Crippen LogP contribution < -0.4 is 11.2 Å². The number of carbonyl (C=O) groups is 1. The van der Waals surface area contributed by atoms with Gasteiger partial charge in [-0.05, 0) is 17.7 Å². The summed E-state index contributed by atoms with van der Waals surface area (Å²) in [5.74, 6) is 2.19. The molecule has 2 aromatic carbocycles. The Balaban J connectivity index is 2.24. The van der Waals surface area contributed by atoms with Crippen molar-refractivity contribution in [1.29, 1.82) is 0 Å². The lowest BCUT2D eigenvalue weighted by molar-refractivity contribution is -0.332. The van der Waals surface area contributed by atoms with E-state index < -0.39 is 35.3 Å². The van der Waals surface area contributed by atoms with Gasteiger partial charge < -0.3 is 5.32 Å². The molecular formula is C16H14F4N2O3. The maximum absolute atomic E-state index is 13.8. The van der Waals surface area contributed by atoms with Gasteiger partial charge in [0.2, 0.25) is 0 Å². The molecule has 9 heteroatoms. The van der Waals surface area contributed by atoms with E-state index >= 15 is 0 Å². The summed E-state index contributed by atoms with van der Waals surface area (Å²) in [6.07, 6.45) is -6.07. The fraction of sp³-hybridized carbons (Fsp3) is 0.188. The molecule has 0 saturated heterocycles. The smallest absolute Gasteiger partial charge is 0.324 e.